The monoisotopic (exact) mass is 425 g/mol. The van der Waals surface area contributed by atoms with Crippen molar-refractivity contribution in [1.82, 2.24) is 4.90 Å². The van der Waals surface area contributed by atoms with Crippen molar-refractivity contribution in [2.75, 3.05) is 10.2 Å². The van der Waals surface area contributed by atoms with Crippen molar-refractivity contribution in [3.05, 3.63) is 95.6 Å². The fourth-order valence-electron chi connectivity index (χ4n) is 4.71. The second-order valence-electron chi connectivity index (χ2n) is 8.21. The number of carbonyl (C=O) groups excluding carboxylic acids is 3. The maximum atomic E-state index is 13.9. The van der Waals surface area contributed by atoms with Crippen LogP contribution in [0.25, 0.3) is 0 Å². The Morgan fingerprint density at radius 2 is 1.62 bits per heavy atom. The number of fused-ring (bicyclic) bond motifs is 3. The normalized spacial score (nSPS) is 19.5. The summed E-state index contributed by atoms with van der Waals surface area (Å²) in [6.07, 6.45) is 0.421. The summed E-state index contributed by atoms with van der Waals surface area (Å²) >= 11 is 0. The number of rotatable bonds is 4. The molecule has 6 nitrogen and oxygen atoms in total. The molecule has 2 aliphatic heterocycles. The molecule has 160 valence electrons. The van der Waals surface area contributed by atoms with Gasteiger partial charge in [0.25, 0.3) is 11.8 Å². The van der Waals surface area contributed by atoms with Gasteiger partial charge in [0.2, 0.25) is 11.6 Å². The maximum absolute atomic E-state index is 13.9. The molecular formula is C26H23N3O3. The van der Waals surface area contributed by atoms with Crippen LogP contribution in [0.3, 0.4) is 0 Å². The van der Waals surface area contributed by atoms with Crippen LogP contribution in [0.15, 0.2) is 78.9 Å². The number of nitrogens with zero attached hydrogens (tertiary/aromatic N) is 2. The van der Waals surface area contributed by atoms with E-state index in [9.17, 15) is 14.4 Å². The van der Waals surface area contributed by atoms with E-state index in [4.69, 9.17) is 0 Å². The number of hydrogen-bond acceptors (Lipinski definition) is 3. The van der Waals surface area contributed by atoms with Crippen LogP contribution in [0.2, 0.25) is 0 Å². The lowest BCUT2D eigenvalue weighted by molar-refractivity contribution is -0.129. The van der Waals surface area contributed by atoms with Crippen LogP contribution in [0.4, 0.5) is 11.4 Å². The number of amides is 3. The van der Waals surface area contributed by atoms with Crippen LogP contribution in [-0.4, -0.2) is 28.3 Å². The molecule has 1 N–H and O–H groups in total. The lowest BCUT2D eigenvalue weighted by Gasteiger charge is -2.49. The molecule has 1 fully saturated rings. The predicted octanol–water partition coefficient (Wildman–Crippen LogP) is 4.11. The first-order valence-electron chi connectivity index (χ1n) is 10.7. The first kappa shape index (κ1) is 20.0. The van der Waals surface area contributed by atoms with Crippen molar-refractivity contribution in [1.29, 1.82) is 0 Å². The van der Waals surface area contributed by atoms with Crippen molar-refractivity contribution >= 4 is 29.1 Å². The summed E-state index contributed by atoms with van der Waals surface area (Å²) in [6, 6.07) is 24.0. The van der Waals surface area contributed by atoms with Gasteiger partial charge >= 0.3 is 0 Å². The molecule has 0 saturated carbocycles. The Bertz CT molecular complexity index is 1220. The van der Waals surface area contributed by atoms with Crippen LogP contribution in [0, 0.1) is 6.92 Å². The zero-order valence-corrected chi connectivity index (χ0v) is 17.7. The van der Waals surface area contributed by atoms with Crippen LogP contribution < -0.4 is 10.2 Å². The minimum Gasteiger partial charge on any atom is -0.322 e. The van der Waals surface area contributed by atoms with E-state index >= 15 is 0 Å². The third-order valence-electron chi connectivity index (χ3n) is 6.31. The highest BCUT2D eigenvalue weighted by atomic mass is 16.2. The van der Waals surface area contributed by atoms with Gasteiger partial charge in [0.05, 0.1) is 11.3 Å². The zero-order chi connectivity index (χ0) is 22.3. The van der Waals surface area contributed by atoms with Crippen molar-refractivity contribution in [2.24, 2.45) is 0 Å². The number of para-hydroxylation sites is 2. The van der Waals surface area contributed by atoms with E-state index in [0.717, 1.165) is 11.1 Å². The molecule has 0 spiro atoms. The average molecular weight is 425 g/mol. The topological polar surface area (TPSA) is 69.7 Å². The van der Waals surface area contributed by atoms with Gasteiger partial charge in [-0.15, -0.1) is 0 Å². The molecule has 3 aromatic rings. The van der Waals surface area contributed by atoms with Gasteiger partial charge in [0.1, 0.15) is 0 Å². The Hall–Kier alpha value is -3.93. The van der Waals surface area contributed by atoms with Gasteiger partial charge in [0.15, 0.2) is 0 Å². The van der Waals surface area contributed by atoms with E-state index in [2.05, 4.69) is 5.32 Å². The third kappa shape index (κ3) is 2.99. The molecule has 1 saturated heterocycles. The van der Waals surface area contributed by atoms with Crippen molar-refractivity contribution < 1.29 is 14.4 Å². The number of anilines is 2. The molecule has 0 aliphatic carbocycles. The highest BCUT2D eigenvalue weighted by Crippen LogP contribution is 2.45. The third-order valence-corrected chi connectivity index (χ3v) is 6.31. The standard InChI is InChI=1S/C26H23N3O3/c1-18-9-5-7-13-21(18)27-25(32)26-16-15-23(30)29(26)22-14-8-6-12-20(22)24(31)28(26)17-19-10-3-2-4-11-19/h2-14H,15-17H2,1H3,(H,27,32)/t26-/m1/s1. The first-order valence-corrected chi connectivity index (χ1v) is 10.7. The summed E-state index contributed by atoms with van der Waals surface area (Å²) in [6.45, 7) is 2.13. The average Bonchev–Trinajstić information content (AvgIpc) is 3.17. The van der Waals surface area contributed by atoms with Gasteiger partial charge < -0.3 is 10.2 Å². The summed E-state index contributed by atoms with van der Waals surface area (Å²) in [5.41, 5.74) is 1.95. The Morgan fingerprint density at radius 1 is 0.938 bits per heavy atom. The predicted molar refractivity (Wildman–Crippen MR) is 122 cm³/mol. The lowest BCUT2D eigenvalue weighted by atomic mass is 9.94. The fraction of sp³-hybridized carbons (Fsp3) is 0.192. The largest absolute Gasteiger partial charge is 0.322 e. The molecule has 0 radical (unpaired) electrons. The van der Waals surface area contributed by atoms with Crippen LogP contribution in [0.5, 0.6) is 0 Å². The summed E-state index contributed by atoms with van der Waals surface area (Å²) in [5.74, 6) is -0.797. The highest BCUT2D eigenvalue weighted by molar-refractivity contribution is 6.18. The quantitative estimate of drug-likeness (QED) is 0.684. The fourth-order valence-corrected chi connectivity index (χ4v) is 4.71. The Balaban J connectivity index is 1.66. The van der Waals surface area contributed by atoms with Crippen molar-refractivity contribution in [2.45, 2.75) is 32.0 Å². The molecule has 3 amide bonds. The van der Waals surface area contributed by atoms with Crippen LogP contribution >= 0.6 is 0 Å². The van der Waals surface area contributed by atoms with Crippen LogP contribution in [0.1, 0.15) is 34.3 Å². The van der Waals surface area contributed by atoms with E-state index in [1.54, 1.807) is 29.2 Å². The number of benzene rings is 3. The molecule has 1 atom stereocenters. The minimum absolute atomic E-state index is 0.164. The minimum atomic E-state index is -1.43. The van der Waals surface area contributed by atoms with Gasteiger partial charge in [-0.3, -0.25) is 19.3 Å². The van der Waals surface area contributed by atoms with Crippen molar-refractivity contribution in [3.63, 3.8) is 0 Å². The Labute approximate surface area is 186 Å². The summed E-state index contributed by atoms with van der Waals surface area (Å²) < 4.78 is 0. The number of carbonyl (C=O) groups is 3. The van der Waals surface area contributed by atoms with E-state index in [0.29, 0.717) is 16.9 Å². The SMILES string of the molecule is Cc1ccccc1NC(=O)[C@@]12CCC(=O)N1c1ccccc1C(=O)N2Cc1ccccc1. The van der Waals surface area contributed by atoms with Gasteiger partial charge in [-0.2, -0.15) is 0 Å². The Kier molecular flexibility index (Phi) is 4.78. The summed E-state index contributed by atoms with van der Waals surface area (Å²) in [7, 11) is 0. The molecule has 32 heavy (non-hydrogen) atoms. The molecule has 5 rings (SSSR count). The molecular weight excluding hydrogens is 402 g/mol. The molecule has 6 heteroatoms. The van der Waals surface area contributed by atoms with Gasteiger partial charge in [-0.05, 0) is 36.2 Å². The Morgan fingerprint density at radius 3 is 2.41 bits per heavy atom. The van der Waals surface area contributed by atoms with Crippen molar-refractivity contribution in [3.8, 4) is 0 Å². The van der Waals surface area contributed by atoms with Gasteiger partial charge in [-0.1, -0.05) is 60.7 Å². The molecule has 3 aromatic carbocycles. The second kappa shape index (κ2) is 7.64. The molecule has 2 heterocycles. The number of hydrogen-bond donors (Lipinski definition) is 1. The molecule has 0 bridgehead atoms. The van der Waals surface area contributed by atoms with Gasteiger partial charge in [-0.25, -0.2) is 0 Å². The maximum Gasteiger partial charge on any atom is 0.271 e. The van der Waals surface area contributed by atoms with Crippen LogP contribution in [-0.2, 0) is 16.1 Å². The first-order chi connectivity index (χ1) is 15.5. The molecule has 2 aliphatic rings. The molecule has 0 aromatic heterocycles. The van der Waals surface area contributed by atoms with E-state index < -0.39 is 5.66 Å². The highest BCUT2D eigenvalue weighted by Gasteiger charge is 2.60. The molecule has 0 unspecified atom stereocenters. The second-order valence-corrected chi connectivity index (χ2v) is 8.21. The number of aryl methyl sites for hydroxylation is 1. The van der Waals surface area contributed by atoms with E-state index in [1.165, 1.54) is 4.90 Å². The summed E-state index contributed by atoms with van der Waals surface area (Å²) in [5, 5.41) is 3.00. The van der Waals surface area contributed by atoms with Gasteiger partial charge in [0, 0.05) is 25.1 Å². The summed E-state index contributed by atoms with van der Waals surface area (Å²) in [4.78, 5) is 43.8. The number of nitrogens with one attached hydrogen (secondary N) is 1. The lowest BCUT2D eigenvalue weighted by Crippen LogP contribution is -2.69. The smallest absolute Gasteiger partial charge is 0.271 e. The van der Waals surface area contributed by atoms with E-state index in [1.807, 2.05) is 61.5 Å². The van der Waals surface area contributed by atoms with E-state index in [-0.39, 0.29) is 37.1 Å². The zero-order valence-electron chi connectivity index (χ0n) is 17.7.